The van der Waals surface area contributed by atoms with Gasteiger partial charge in [-0.25, -0.2) is 0 Å². The number of para-hydroxylation sites is 1. The Morgan fingerprint density at radius 2 is 1.76 bits per heavy atom. The molecular weight excluding hydrogens is 384 g/mol. The molecule has 2 aromatic carbocycles. The summed E-state index contributed by atoms with van der Waals surface area (Å²) in [6, 6.07) is 23.3. The fraction of sp³-hybridized carbons (Fsp3) is 0.136. The highest BCUT2D eigenvalue weighted by Crippen LogP contribution is 2.28. The molecule has 0 aliphatic carbocycles. The summed E-state index contributed by atoms with van der Waals surface area (Å²) < 4.78 is 7.41. The van der Waals surface area contributed by atoms with Gasteiger partial charge in [-0.1, -0.05) is 60.3 Å². The van der Waals surface area contributed by atoms with Crippen LogP contribution in [0.5, 0.6) is 0 Å². The lowest BCUT2D eigenvalue weighted by molar-refractivity contribution is -0.119. The first kappa shape index (κ1) is 19.0. The van der Waals surface area contributed by atoms with Crippen molar-refractivity contribution >= 4 is 17.7 Å². The molecule has 1 amide bonds. The maximum Gasteiger partial charge on any atom is 0.230 e. The summed E-state index contributed by atoms with van der Waals surface area (Å²) in [5.74, 6) is 1.39. The van der Waals surface area contributed by atoms with Gasteiger partial charge >= 0.3 is 0 Å². The van der Waals surface area contributed by atoms with E-state index in [0.717, 1.165) is 11.3 Å². The van der Waals surface area contributed by atoms with Crippen LogP contribution in [-0.2, 0) is 4.79 Å². The molecule has 0 aliphatic rings. The van der Waals surface area contributed by atoms with Gasteiger partial charge in [-0.3, -0.25) is 9.36 Å². The molecule has 0 fully saturated rings. The van der Waals surface area contributed by atoms with Crippen LogP contribution < -0.4 is 5.32 Å². The lowest BCUT2D eigenvalue weighted by Crippen LogP contribution is -2.28. The van der Waals surface area contributed by atoms with Gasteiger partial charge in [0.1, 0.15) is 0 Å². The molecule has 1 atom stereocenters. The third-order valence-electron chi connectivity index (χ3n) is 4.40. The number of aromatic nitrogens is 3. The molecule has 0 bridgehead atoms. The Balaban J connectivity index is 1.51. The summed E-state index contributed by atoms with van der Waals surface area (Å²) in [7, 11) is 0. The molecule has 2 aromatic heterocycles. The SMILES string of the molecule is CC(NC(=O)CSc1nnc(-c2ccco2)n1-c1ccccc1)c1ccccc1. The molecule has 0 saturated carbocycles. The summed E-state index contributed by atoms with van der Waals surface area (Å²) in [4.78, 5) is 12.5. The van der Waals surface area contributed by atoms with Crippen LogP contribution in [0.4, 0.5) is 0 Å². The average molecular weight is 404 g/mol. The molecule has 0 radical (unpaired) electrons. The highest BCUT2D eigenvalue weighted by Gasteiger charge is 2.19. The number of benzene rings is 2. The van der Waals surface area contributed by atoms with Gasteiger partial charge in [-0.2, -0.15) is 0 Å². The van der Waals surface area contributed by atoms with E-state index in [-0.39, 0.29) is 17.7 Å². The van der Waals surface area contributed by atoms with Crippen molar-refractivity contribution < 1.29 is 9.21 Å². The van der Waals surface area contributed by atoms with Gasteiger partial charge in [0.2, 0.25) is 11.7 Å². The van der Waals surface area contributed by atoms with E-state index in [4.69, 9.17) is 4.42 Å². The van der Waals surface area contributed by atoms with Crippen molar-refractivity contribution in [1.29, 1.82) is 0 Å². The quantitative estimate of drug-likeness (QED) is 0.459. The zero-order valence-electron chi connectivity index (χ0n) is 15.9. The van der Waals surface area contributed by atoms with Crippen LogP contribution >= 0.6 is 11.8 Å². The van der Waals surface area contributed by atoms with Gasteiger partial charge in [0.15, 0.2) is 10.9 Å². The number of hydrogen-bond donors (Lipinski definition) is 1. The molecule has 4 aromatic rings. The maximum absolute atomic E-state index is 12.5. The van der Waals surface area contributed by atoms with Crippen molar-refractivity contribution in [3.05, 3.63) is 84.6 Å². The van der Waals surface area contributed by atoms with Crippen LogP contribution in [-0.4, -0.2) is 26.4 Å². The van der Waals surface area contributed by atoms with Crippen molar-refractivity contribution in [2.45, 2.75) is 18.1 Å². The van der Waals surface area contributed by atoms with Gasteiger partial charge in [-0.05, 0) is 36.8 Å². The van der Waals surface area contributed by atoms with Gasteiger partial charge in [-0.15, -0.1) is 10.2 Å². The van der Waals surface area contributed by atoms with Crippen LogP contribution in [0.2, 0.25) is 0 Å². The molecule has 4 rings (SSSR count). The molecule has 0 aliphatic heterocycles. The van der Waals surface area contributed by atoms with Gasteiger partial charge in [0, 0.05) is 5.69 Å². The number of rotatable bonds is 7. The number of thioether (sulfide) groups is 1. The Labute approximate surface area is 173 Å². The predicted octanol–water partition coefficient (Wildman–Crippen LogP) is 4.50. The monoisotopic (exact) mass is 404 g/mol. The zero-order valence-corrected chi connectivity index (χ0v) is 16.7. The first-order chi connectivity index (χ1) is 14.2. The number of furan rings is 1. The molecule has 7 heteroatoms. The van der Waals surface area contributed by atoms with Crippen LogP contribution in [0, 0.1) is 0 Å². The topological polar surface area (TPSA) is 73.0 Å². The van der Waals surface area contributed by atoms with Crippen molar-refractivity contribution in [3.8, 4) is 17.3 Å². The maximum atomic E-state index is 12.5. The van der Waals surface area contributed by atoms with Crippen molar-refractivity contribution in [2.24, 2.45) is 0 Å². The number of hydrogen-bond acceptors (Lipinski definition) is 5. The second kappa shape index (κ2) is 8.79. The van der Waals surface area contributed by atoms with Crippen molar-refractivity contribution in [3.63, 3.8) is 0 Å². The largest absolute Gasteiger partial charge is 0.461 e. The normalized spacial score (nSPS) is 11.9. The Morgan fingerprint density at radius 3 is 2.45 bits per heavy atom. The number of carbonyl (C=O) groups is 1. The second-order valence-electron chi connectivity index (χ2n) is 6.44. The minimum absolute atomic E-state index is 0.0602. The molecule has 6 nitrogen and oxygen atoms in total. The molecule has 1 N–H and O–H groups in total. The van der Waals surface area contributed by atoms with Gasteiger partial charge in [0.05, 0.1) is 18.1 Å². The molecule has 146 valence electrons. The molecule has 0 saturated heterocycles. The van der Waals surface area contributed by atoms with E-state index in [9.17, 15) is 4.79 Å². The summed E-state index contributed by atoms with van der Waals surface area (Å²) in [5.41, 5.74) is 1.97. The van der Waals surface area contributed by atoms with E-state index in [1.807, 2.05) is 84.3 Å². The smallest absolute Gasteiger partial charge is 0.230 e. The fourth-order valence-electron chi connectivity index (χ4n) is 2.98. The van der Waals surface area contributed by atoms with Crippen LogP contribution in [0.1, 0.15) is 18.5 Å². The summed E-state index contributed by atoms with van der Waals surface area (Å²) in [5, 5.41) is 12.2. The number of nitrogens with one attached hydrogen (secondary N) is 1. The lowest BCUT2D eigenvalue weighted by Gasteiger charge is -2.14. The third-order valence-corrected chi connectivity index (χ3v) is 5.33. The zero-order chi connectivity index (χ0) is 20.1. The first-order valence-electron chi connectivity index (χ1n) is 9.24. The van der Waals surface area contributed by atoms with E-state index in [1.165, 1.54) is 11.8 Å². The molecule has 1 unspecified atom stereocenters. The van der Waals surface area contributed by atoms with Crippen LogP contribution in [0.25, 0.3) is 17.3 Å². The fourth-order valence-corrected chi connectivity index (χ4v) is 3.74. The summed E-state index contributed by atoms with van der Waals surface area (Å²) in [6.45, 7) is 1.97. The molecule has 2 heterocycles. The average Bonchev–Trinajstić information content (AvgIpc) is 3.43. The van der Waals surface area contributed by atoms with Crippen molar-refractivity contribution in [1.82, 2.24) is 20.1 Å². The second-order valence-corrected chi connectivity index (χ2v) is 7.39. The molecule has 0 spiro atoms. The highest BCUT2D eigenvalue weighted by molar-refractivity contribution is 7.99. The third kappa shape index (κ3) is 4.41. The predicted molar refractivity (Wildman–Crippen MR) is 113 cm³/mol. The number of amides is 1. The van der Waals surface area contributed by atoms with Crippen LogP contribution in [0.15, 0.2) is 88.6 Å². The molecular formula is C22H20N4O2S. The number of nitrogens with zero attached hydrogens (tertiary/aromatic N) is 3. The lowest BCUT2D eigenvalue weighted by atomic mass is 10.1. The van der Waals surface area contributed by atoms with E-state index in [1.54, 1.807) is 6.26 Å². The molecule has 29 heavy (non-hydrogen) atoms. The summed E-state index contributed by atoms with van der Waals surface area (Å²) >= 11 is 1.34. The Kier molecular flexibility index (Phi) is 5.76. The highest BCUT2D eigenvalue weighted by atomic mass is 32.2. The van der Waals surface area contributed by atoms with Crippen LogP contribution in [0.3, 0.4) is 0 Å². The Bertz CT molecular complexity index is 1060. The van der Waals surface area contributed by atoms with Gasteiger partial charge in [0.25, 0.3) is 0 Å². The first-order valence-corrected chi connectivity index (χ1v) is 10.2. The van der Waals surface area contributed by atoms with E-state index >= 15 is 0 Å². The summed E-state index contributed by atoms with van der Waals surface area (Å²) in [6.07, 6.45) is 1.60. The van der Waals surface area contributed by atoms with E-state index in [2.05, 4.69) is 15.5 Å². The van der Waals surface area contributed by atoms with E-state index < -0.39 is 0 Å². The number of carbonyl (C=O) groups excluding carboxylic acids is 1. The Hall–Kier alpha value is -3.32. The van der Waals surface area contributed by atoms with Gasteiger partial charge < -0.3 is 9.73 Å². The minimum atomic E-state index is -0.0616. The minimum Gasteiger partial charge on any atom is -0.461 e. The van der Waals surface area contributed by atoms with E-state index in [0.29, 0.717) is 16.7 Å². The Morgan fingerprint density at radius 1 is 1.03 bits per heavy atom. The van der Waals surface area contributed by atoms with Crippen molar-refractivity contribution in [2.75, 3.05) is 5.75 Å². The standard InChI is InChI=1S/C22H20N4O2S/c1-16(17-9-4-2-5-10-17)23-20(27)15-29-22-25-24-21(19-13-8-14-28-19)26(22)18-11-6-3-7-12-18/h2-14,16H,15H2,1H3,(H,23,27).